The molecule has 6 nitrogen and oxygen atoms in total. The molecule has 0 bridgehead atoms. The molecule has 0 aliphatic carbocycles. The predicted molar refractivity (Wildman–Crippen MR) is 111 cm³/mol. The lowest BCUT2D eigenvalue weighted by molar-refractivity contribution is 0.231. The van der Waals surface area contributed by atoms with Gasteiger partial charge in [0, 0.05) is 24.8 Å². The number of para-hydroxylation sites is 1. The number of nitrogens with zero attached hydrogens (tertiary/aromatic N) is 1. The van der Waals surface area contributed by atoms with E-state index in [1.54, 1.807) is 28.6 Å². The van der Waals surface area contributed by atoms with Crippen LogP contribution in [0.2, 0.25) is 0 Å². The normalized spacial score (nSPS) is 17.8. The molecule has 0 radical (unpaired) electrons. The number of aryl methyl sites for hydroxylation is 1. The van der Waals surface area contributed by atoms with E-state index in [0.29, 0.717) is 17.1 Å². The van der Waals surface area contributed by atoms with Crippen LogP contribution in [0.3, 0.4) is 0 Å². The van der Waals surface area contributed by atoms with E-state index in [9.17, 15) is 13.2 Å². The first-order valence-corrected chi connectivity index (χ1v) is 11.2. The van der Waals surface area contributed by atoms with Crippen molar-refractivity contribution < 1.29 is 13.2 Å². The summed E-state index contributed by atoms with van der Waals surface area (Å²) in [5, 5.41) is 5.58. The molecule has 0 aromatic heterocycles. The Labute approximate surface area is 167 Å². The topological polar surface area (TPSA) is 78.5 Å². The Morgan fingerprint density at radius 3 is 2.46 bits per heavy atom. The summed E-state index contributed by atoms with van der Waals surface area (Å²) >= 11 is 0. The van der Waals surface area contributed by atoms with E-state index in [1.807, 2.05) is 37.3 Å². The van der Waals surface area contributed by atoms with Crippen LogP contribution in [0.15, 0.2) is 59.5 Å². The lowest BCUT2D eigenvalue weighted by Crippen LogP contribution is -2.49. The van der Waals surface area contributed by atoms with E-state index in [1.165, 1.54) is 0 Å². The van der Waals surface area contributed by atoms with Gasteiger partial charge in [-0.25, -0.2) is 13.2 Å². The highest BCUT2D eigenvalue weighted by Gasteiger charge is 2.33. The lowest BCUT2D eigenvalue weighted by atomic mass is 10.1. The molecule has 1 unspecified atom stereocenters. The molecular weight excluding hydrogens is 374 g/mol. The minimum atomic E-state index is -3.58. The van der Waals surface area contributed by atoms with Gasteiger partial charge in [0.05, 0.1) is 4.90 Å². The first-order chi connectivity index (χ1) is 13.5. The standard InChI is InChI=1S/C21H27N3O3S/c1-2-17-11-13-20(14-12-17)28(26,27)24-15-7-6-10-19(24)16-22-21(25)23-18-8-4-3-5-9-18/h3-5,8-9,11-14,19H,2,6-7,10,15-16H2,1H3,(H2,22,23,25). The van der Waals surface area contributed by atoms with Gasteiger partial charge >= 0.3 is 6.03 Å². The van der Waals surface area contributed by atoms with Gasteiger partial charge in [0.15, 0.2) is 0 Å². The van der Waals surface area contributed by atoms with Crippen molar-refractivity contribution in [3.63, 3.8) is 0 Å². The van der Waals surface area contributed by atoms with Gasteiger partial charge < -0.3 is 10.6 Å². The zero-order valence-electron chi connectivity index (χ0n) is 16.1. The minimum Gasteiger partial charge on any atom is -0.336 e. The van der Waals surface area contributed by atoms with Gasteiger partial charge in [-0.1, -0.05) is 43.7 Å². The van der Waals surface area contributed by atoms with Crippen molar-refractivity contribution >= 4 is 21.7 Å². The molecule has 2 aromatic carbocycles. The van der Waals surface area contributed by atoms with Gasteiger partial charge in [-0.2, -0.15) is 4.31 Å². The van der Waals surface area contributed by atoms with Crippen LogP contribution in [0.4, 0.5) is 10.5 Å². The van der Waals surface area contributed by atoms with Crippen molar-refractivity contribution in [2.75, 3.05) is 18.4 Å². The van der Waals surface area contributed by atoms with Gasteiger partial charge in [0.2, 0.25) is 10.0 Å². The molecule has 150 valence electrons. The molecule has 2 amide bonds. The maximum atomic E-state index is 13.1. The fourth-order valence-electron chi connectivity index (χ4n) is 3.43. The average Bonchev–Trinajstić information content (AvgIpc) is 2.73. The van der Waals surface area contributed by atoms with Crippen molar-refractivity contribution in [2.45, 2.75) is 43.5 Å². The van der Waals surface area contributed by atoms with Crippen molar-refractivity contribution in [1.29, 1.82) is 0 Å². The Balaban J connectivity index is 1.66. The van der Waals surface area contributed by atoms with Gasteiger partial charge in [-0.3, -0.25) is 0 Å². The van der Waals surface area contributed by atoms with E-state index >= 15 is 0 Å². The van der Waals surface area contributed by atoms with Crippen molar-refractivity contribution in [3.8, 4) is 0 Å². The molecule has 3 rings (SSSR count). The summed E-state index contributed by atoms with van der Waals surface area (Å²) in [4.78, 5) is 12.5. The summed E-state index contributed by atoms with van der Waals surface area (Å²) < 4.78 is 27.8. The molecule has 7 heteroatoms. The summed E-state index contributed by atoms with van der Waals surface area (Å²) in [7, 11) is -3.58. The van der Waals surface area contributed by atoms with Gasteiger partial charge in [0.1, 0.15) is 0 Å². The zero-order valence-corrected chi connectivity index (χ0v) is 16.9. The largest absolute Gasteiger partial charge is 0.336 e. The number of amides is 2. The Hall–Kier alpha value is -2.38. The highest BCUT2D eigenvalue weighted by molar-refractivity contribution is 7.89. The summed E-state index contributed by atoms with van der Waals surface area (Å²) in [5.41, 5.74) is 1.80. The van der Waals surface area contributed by atoms with Crippen LogP contribution >= 0.6 is 0 Å². The highest BCUT2D eigenvalue weighted by atomic mass is 32.2. The third-order valence-electron chi connectivity index (χ3n) is 5.04. The van der Waals surface area contributed by atoms with Crippen LogP contribution in [0.25, 0.3) is 0 Å². The number of hydrogen-bond donors (Lipinski definition) is 2. The number of anilines is 1. The molecule has 1 heterocycles. The molecule has 1 fully saturated rings. The number of sulfonamides is 1. The van der Waals surface area contributed by atoms with Crippen LogP contribution in [0, 0.1) is 0 Å². The lowest BCUT2D eigenvalue weighted by Gasteiger charge is -2.34. The monoisotopic (exact) mass is 401 g/mol. The molecule has 1 aliphatic heterocycles. The smallest absolute Gasteiger partial charge is 0.319 e. The zero-order chi connectivity index (χ0) is 20.0. The minimum absolute atomic E-state index is 0.244. The van der Waals surface area contributed by atoms with Crippen LogP contribution in [-0.2, 0) is 16.4 Å². The summed E-state index contributed by atoms with van der Waals surface area (Å²) in [6.07, 6.45) is 3.39. The third kappa shape index (κ3) is 4.91. The van der Waals surface area contributed by atoms with Crippen LogP contribution in [0.5, 0.6) is 0 Å². The van der Waals surface area contributed by atoms with E-state index in [4.69, 9.17) is 0 Å². The number of carbonyl (C=O) groups is 1. The summed E-state index contributed by atoms with van der Waals surface area (Å²) in [6, 6.07) is 15.7. The number of carbonyl (C=O) groups excluding carboxylic acids is 1. The molecule has 0 saturated carbocycles. The second-order valence-corrected chi connectivity index (χ2v) is 8.85. The molecule has 2 N–H and O–H groups in total. The highest BCUT2D eigenvalue weighted by Crippen LogP contribution is 2.25. The number of hydrogen-bond acceptors (Lipinski definition) is 3. The van der Waals surface area contributed by atoms with Crippen molar-refractivity contribution in [2.24, 2.45) is 0 Å². The quantitative estimate of drug-likeness (QED) is 0.776. The summed E-state index contributed by atoms with van der Waals surface area (Å²) in [5.74, 6) is 0. The second-order valence-electron chi connectivity index (χ2n) is 6.96. The molecule has 1 aliphatic rings. The van der Waals surface area contributed by atoms with Crippen LogP contribution in [-0.4, -0.2) is 37.9 Å². The number of rotatable bonds is 6. The Morgan fingerprint density at radius 2 is 1.79 bits per heavy atom. The van der Waals surface area contributed by atoms with Crippen LogP contribution < -0.4 is 10.6 Å². The molecule has 1 atom stereocenters. The van der Waals surface area contributed by atoms with Crippen molar-refractivity contribution in [3.05, 3.63) is 60.2 Å². The van der Waals surface area contributed by atoms with E-state index in [-0.39, 0.29) is 18.6 Å². The van der Waals surface area contributed by atoms with Crippen LogP contribution in [0.1, 0.15) is 31.7 Å². The van der Waals surface area contributed by atoms with Crippen molar-refractivity contribution in [1.82, 2.24) is 9.62 Å². The first-order valence-electron chi connectivity index (χ1n) is 9.71. The van der Waals surface area contributed by atoms with Gasteiger partial charge in [-0.15, -0.1) is 0 Å². The third-order valence-corrected chi connectivity index (χ3v) is 7.01. The van der Waals surface area contributed by atoms with Gasteiger partial charge in [-0.05, 0) is 49.1 Å². The second kappa shape index (κ2) is 9.21. The summed E-state index contributed by atoms with van der Waals surface area (Å²) in [6.45, 7) is 2.80. The molecular formula is C21H27N3O3S. The number of piperidine rings is 1. The maximum absolute atomic E-state index is 13.1. The van der Waals surface area contributed by atoms with E-state index in [0.717, 1.165) is 31.2 Å². The molecule has 0 spiro atoms. The Kier molecular flexibility index (Phi) is 6.70. The first kappa shape index (κ1) is 20.4. The fourth-order valence-corrected chi connectivity index (χ4v) is 5.13. The Morgan fingerprint density at radius 1 is 1.07 bits per heavy atom. The Bertz CT molecular complexity index is 883. The molecule has 1 saturated heterocycles. The predicted octanol–water partition coefficient (Wildman–Crippen LogP) is 3.61. The fraction of sp³-hybridized carbons (Fsp3) is 0.381. The number of benzene rings is 2. The van der Waals surface area contributed by atoms with E-state index in [2.05, 4.69) is 10.6 Å². The molecule has 28 heavy (non-hydrogen) atoms. The SMILES string of the molecule is CCc1ccc(S(=O)(=O)N2CCCCC2CNC(=O)Nc2ccccc2)cc1. The maximum Gasteiger partial charge on any atom is 0.319 e. The van der Waals surface area contributed by atoms with Gasteiger partial charge in [0.25, 0.3) is 0 Å². The number of nitrogens with one attached hydrogen (secondary N) is 2. The molecule has 2 aromatic rings. The number of urea groups is 1. The van der Waals surface area contributed by atoms with E-state index < -0.39 is 10.0 Å². The average molecular weight is 402 g/mol.